The van der Waals surface area contributed by atoms with E-state index in [0.29, 0.717) is 16.4 Å². The monoisotopic (exact) mass is 364 g/mol. The zero-order valence-corrected chi connectivity index (χ0v) is 15.3. The number of rotatable bonds is 4. The normalized spacial score (nSPS) is 10.2. The van der Waals surface area contributed by atoms with Crippen molar-refractivity contribution in [2.45, 2.75) is 13.8 Å². The van der Waals surface area contributed by atoms with E-state index in [2.05, 4.69) is 15.3 Å². The van der Waals surface area contributed by atoms with Crippen molar-refractivity contribution in [2.75, 3.05) is 12.4 Å². The molecule has 26 heavy (non-hydrogen) atoms. The number of ether oxygens (including phenoxy) is 1. The SMILES string of the molecule is COc1ccc(-c2nc(NC(=O)c3ccc(C#N)c(C)n3)sc2C)cc1. The second-order valence-corrected chi connectivity index (χ2v) is 6.75. The maximum absolute atomic E-state index is 12.4. The summed E-state index contributed by atoms with van der Waals surface area (Å²) in [5, 5.41) is 12.2. The van der Waals surface area contributed by atoms with Gasteiger partial charge in [-0.05, 0) is 50.2 Å². The molecule has 0 spiro atoms. The first-order valence-corrected chi connectivity index (χ1v) is 8.64. The van der Waals surface area contributed by atoms with Gasteiger partial charge in [-0.2, -0.15) is 5.26 Å². The number of anilines is 1. The molecule has 130 valence electrons. The van der Waals surface area contributed by atoms with Crippen molar-refractivity contribution < 1.29 is 9.53 Å². The highest BCUT2D eigenvalue weighted by molar-refractivity contribution is 7.16. The molecule has 0 atom stereocenters. The molecule has 1 amide bonds. The van der Waals surface area contributed by atoms with E-state index in [-0.39, 0.29) is 11.6 Å². The predicted octanol–water partition coefficient (Wildman–Crippen LogP) is 3.95. The summed E-state index contributed by atoms with van der Waals surface area (Å²) in [4.78, 5) is 22.1. The van der Waals surface area contributed by atoms with Crippen molar-refractivity contribution in [3.63, 3.8) is 0 Å². The summed E-state index contributed by atoms with van der Waals surface area (Å²) in [6.07, 6.45) is 0. The maximum atomic E-state index is 12.4. The molecule has 2 heterocycles. The highest BCUT2D eigenvalue weighted by Gasteiger charge is 2.15. The molecule has 0 fully saturated rings. The van der Waals surface area contributed by atoms with Crippen LogP contribution in [0.25, 0.3) is 11.3 Å². The van der Waals surface area contributed by atoms with Gasteiger partial charge in [0.05, 0.1) is 24.1 Å². The number of benzene rings is 1. The van der Waals surface area contributed by atoms with Gasteiger partial charge in [-0.3, -0.25) is 10.1 Å². The summed E-state index contributed by atoms with van der Waals surface area (Å²) in [5.74, 6) is 0.421. The quantitative estimate of drug-likeness (QED) is 0.757. The number of aryl methyl sites for hydroxylation is 2. The van der Waals surface area contributed by atoms with Crippen LogP contribution in [0.1, 0.15) is 26.6 Å². The third kappa shape index (κ3) is 3.55. The molecule has 1 aromatic carbocycles. The van der Waals surface area contributed by atoms with Gasteiger partial charge >= 0.3 is 0 Å². The van der Waals surface area contributed by atoms with Gasteiger partial charge in [-0.15, -0.1) is 11.3 Å². The van der Waals surface area contributed by atoms with Gasteiger partial charge in [0.2, 0.25) is 0 Å². The molecule has 0 aliphatic rings. The van der Waals surface area contributed by atoms with Crippen molar-refractivity contribution in [3.8, 4) is 23.1 Å². The molecule has 0 saturated heterocycles. The lowest BCUT2D eigenvalue weighted by atomic mass is 10.1. The number of pyridine rings is 1. The van der Waals surface area contributed by atoms with E-state index in [0.717, 1.165) is 21.9 Å². The van der Waals surface area contributed by atoms with E-state index in [1.807, 2.05) is 37.3 Å². The van der Waals surface area contributed by atoms with E-state index < -0.39 is 0 Å². The molecule has 7 heteroatoms. The van der Waals surface area contributed by atoms with Crippen molar-refractivity contribution in [1.82, 2.24) is 9.97 Å². The summed E-state index contributed by atoms with van der Waals surface area (Å²) >= 11 is 1.40. The molecule has 3 aromatic rings. The standard InChI is InChI=1S/C19H16N4O2S/c1-11-14(10-20)6-9-16(21-11)18(24)23-19-22-17(12(2)26-19)13-4-7-15(25-3)8-5-13/h4-9H,1-3H3,(H,22,23,24). The molecular weight excluding hydrogens is 348 g/mol. The summed E-state index contributed by atoms with van der Waals surface area (Å²) in [6, 6.07) is 12.8. The Hall–Kier alpha value is -3.24. The highest BCUT2D eigenvalue weighted by atomic mass is 32.1. The third-order valence-corrected chi connectivity index (χ3v) is 4.71. The molecule has 0 aliphatic carbocycles. The molecule has 0 aliphatic heterocycles. The summed E-state index contributed by atoms with van der Waals surface area (Å²) in [5.41, 5.74) is 2.99. The molecular formula is C19H16N4O2S. The van der Waals surface area contributed by atoms with Gasteiger partial charge in [0.25, 0.3) is 5.91 Å². The zero-order valence-electron chi connectivity index (χ0n) is 14.5. The number of hydrogen-bond donors (Lipinski definition) is 1. The molecule has 3 rings (SSSR count). The summed E-state index contributed by atoms with van der Waals surface area (Å²) in [6.45, 7) is 3.65. The lowest BCUT2D eigenvalue weighted by Crippen LogP contribution is -2.14. The van der Waals surface area contributed by atoms with Gasteiger partial charge < -0.3 is 4.74 Å². The molecule has 6 nitrogen and oxygen atoms in total. The number of nitrogens with one attached hydrogen (secondary N) is 1. The Kier molecular flexibility index (Phi) is 4.96. The molecule has 2 aromatic heterocycles. The largest absolute Gasteiger partial charge is 0.497 e. The first-order valence-electron chi connectivity index (χ1n) is 7.82. The van der Waals surface area contributed by atoms with Crippen LogP contribution in [0.15, 0.2) is 36.4 Å². The first kappa shape index (κ1) is 17.6. The molecule has 0 bridgehead atoms. The van der Waals surface area contributed by atoms with E-state index >= 15 is 0 Å². The predicted molar refractivity (Wildman–Crippen MR) is 100 cm³/mol. The number of methoxy groups -OCH3 is 1. The van der Waals surface area contributed by atoms with Crippen LogP contribution in [-0.4, -0.2) is 23.0 Å². The average molecular weight is 364 g/mol. The van der Waals surface area contributed by atoms with E-state index in [4.69, 9.17) is 10.00 Å². The third-order valence-electron chi connectivity index (χ3n) is 3.82. The van der Waals surface area contributed by atoms with Gasteiger partial charge in [-0.25, -0.2) is 9.97 Å². The van der Waals surface area contributed by atoms with Gasteiger partial charge in [0.15, 0.2) is 5.13 Å². The van der Waals surface area contributed by atoms with E-state index in [9.17, 15) is 4.79 Å². The number of thiazole rings is 1. The second-order valence-electron chi connectivity index (χ2n) is 5.55. The van der Waals surface area contributed by atoms with E-state index in [1.54, 1.807) is 20.1 Å². The fraction of sp³-hybridized carbons (Fsp3) is 0.158. The van der Waals surface area contributed by atoms with Gasteiger partial charge in [0, 0.05) is 10.4 Å². The zero-order chi connectivity index (χ0) is 18.7. The number of aromatic nitrogens is 2. The Morgan fingerprint density at radius 3 is 2.50 bits per heavy atom. The fourth-order valence-corrected chi connectivity index (χ4v) is 3.26. The van der Waals surface area contributed by atoms with Crippen LogP contribution in [-0.2, 0) is 0 Å². The fourth-order valence-electron chi connectivity index (χ4n) is 2.43. The van der Waals surface area contributed by atoms with Crippen LogP contribution in [0.5, 0.6) is 5.75 Å². The van der Waals surface area contributed by atoms with Gasteiger partial charge in [0.1, 0.15) is 17.5 Å². The van der Waals surface area contributed by atoms with Crippen LogP contribution in [0.2, 0.25) is 0 Å². The molecule has 1 N–H and O–H groups in total. The van der Waals surface area contributed by atoms with E-state index in [1.165, 1.54) is 17.4 Å². The minimum atomic E-state index is -0.354. The van der Waals surface area contributed by atoms with Crippen LogP contribution < -0.4 is 10.1 Å². The number of carbonyl (C=O) groups is 1. The maximum Gasteiger partial charge on any atom is 0.276 e. The average Bonchev–Trinajstić information content (AvgIpc) is 3.01. The molecule has 0 radical (unpaired) electrons. The Morgan fingerprint density at radius 2 is 1.88 bits per heavy atom. The van der Waals surface area contributed by atoms with Crippen molar-refractivity contribution in [1.29, 1.82) is 5.26 Å². The number of amides is 1. The van der Waals surface area contributed by atoms with Gasteiger partial charge in [-0.1, -0.05) is 0 Å². The number of carbonyl (C=O) groups excluding carboxylic acids is 1. The Balaban J connectivity index is 1.81. The number of nitrogens with zero attached hydrogens (tertiary/aromatic N) is 3. The number of hydrogen-bond acceptors (Lipinski definition) is 6. The summed E-state index contributed by atoms with van der Waals surface area (Å²) in [7, 11) is 1.62. The lowest BCUT2D eigenvalue weighted by Gasteiger charge is -2.03. The van der Waals surface area contributed by atoms with Crippen molar-refractivity contribution in [3.05, 3.63) is 58.2 Å². The van der Waals surface area contributed by atoms with Crippen molar-refractivity contribution in [2.24, 2.45) is 0 Å². The summed E-state index contributed by atoms with van der Waals surface area (Å²) < 4.78 is 5.17. The Morgan fingerprint density at radius 1 is 1.15 bits per heavy atom. The van der Waals surface area contributed by atoms with Crippen LogP contribution in [0.4, 0.5) is 5.13 Å². The lowest BCUT2D eigenvalue weighted by molar-refractivity contribution is 0.102. The smallest absolute Gasteiger partial charge is 0.276 e. The minimum Gasteiger partial charge on any atom is -0.497 e. The Labute approximate surface area is 155 Å². The topological polar surface area (TPSA) is 87.9 Å². The minimum absolute atomic E-state index is 0.250. The number of nitriles is 1. The van der Waals surface area contributed by atoms with Crippen LogP contribution in [0, 0.1) is 25.2 Å². The second kappa shape index (κ2) is 7.33. The van der Waals surface area contributed by atoms with Crippen molar-refractivity contribution >= 4 is 22.4 Å². The molecule has 0 unspecified atom stereocenters. The van der Waals surface area contributed by atoms with Crippen LogP contribution >= 0.6 is 11.3 Å². The Bertz CT molecular complexity index is 1000. The molecule has 0 saturated carbocycles. The van der Waals surface area contributed by atoms with Crippen LogP contribution in [0.3, 0.4) is 0 Å². The first-order chi connectivity index (χ1) is 12.5. The highest BCUT2D eigenvalue weighted by Crippen LogP contribution is 2.31.